The van der Waals surface area contributed by atoms with Crippen LogP contribution in [0.5, 0.6) is 0 Å². The lowest BCUT2D eigenvalue weighted by Gasteiger charge is -2.13. The molecule has 9 aromatic carbocycles. The van der Waals surface area contributed by atoms with Crippen molar-refractivity contribution in [3.63, 3.8) is 0 Å². The van der Waals surface area contributed by atoms with Crippen LogP contribution in [0.15, 0.2) is 194 Å². The van der Waals surface area contributed by atoms with Gasteiger partial charge in [0, 0.05) is 52.8 Å². The summed E-state index contributed by atoms with van der Waals surface area (Å²) in [5.41, 5.74) is 12.1. The number of thiophene rings is 1. The van der Waals surface area contributed by atoms with Crippen molar-refractivity contribution in [2.24, 2.45) is 0 Å². The average Bonchev–Trinajstić information content (AvgIpc) is 3.90. The minimum Gasteiger partial charge on any atom is -0.309 e. The number of para-hydroxylation sites is 3. The predicted molar refractivity (Wildman–Crippen MR) is 236 cm³/mol. The lowest BCUT2D eigenvalue weighted by atomic mass is 9.99. The van der Waals surface area contributed by atoms with E-state index in [0.29, 0.717) is 0 Å². The number of benzene rings is 9. The van der Waals surface area contributed by atoms with E-state index in [4.69, 9.17) is 0 Å². The third-order valence-corrected chi connectivity index (χ3v) is 12.7. The van der Waals surface area contributed by atoms with E-state index in [0.717, 1.165) is 0 Å². The molecule has 0 fully saturated rings. The van der Waals surface area contributed by atoms with E-state index >= 15 is 0 Å². The molecule has 0 amide bonds. The summed E-state index contributed by atoms with van der Waals surface area (Å²) in [6.45, 7) is 0. The van der Waals surface area contributed by atoms with Crippen LogP contribution in [0.4, 0.5) is 0 Å². The largest absolute Gasteiger partial charge is 0.309 e. The van der Waals surface area contributed by atoms with Gasteiger partial charge < -0.3 is 9.13 Å². The topological polar surface area (TPSA) is 9.86 Å². The van der Waals surface area contributed by atoms with Crippen molar-refractivity contribution in [2.45, 2.75) is 0 Å². The molecule has 0 atom stereocenters. The lowest BCUT2D eigenvalue weighted by Crippen LogP contribution is -1.95. The molecule has 0 bridgehead atoms. The summed E-state index contributed by atoms with van der Waals surface area (Å²) < 4.78 is 7.50. The van der Waals surface area contributed by atoms with Crippen LogP contribution in [0.25, 0.3) is 108 Å². The highest BCUT2D eigenvalue weighted by atomic mass is 32.1. The highest BCUT2D eigenvalue weighted by Gasteiger charge is 2.17. The molecule has 0 N–H and O–H groups in total. The molecule has 0 saturated carbocycles. The van der Waals surface area contributed by atoms with E-state index in [-0.39, 0.29) is 0 Å². The summed E-state index contributed by atoms with van der Waals surface area (Å²) in [6, 6.07) is 71.5. The van der Waals surface area contributed by atoms with Crippen molar-refractivity contribution >= 4 is 85.9 Å². The average molecular weight is 717 g/mol. The van der Waals surface area contributed by atoms with Gasteiger partial charge in [-0.05, 0) is 107 Å². The molecule has 0 aliphatic carbocycles. The quantitative estimate of drug-likeness (QED) is 0.172. The summed E-state index contributed by atoms with van der Waals surface area (Å²) in [7, 11) is 0. The van der Waals surface area contributed by atoms with E-state index in [1.165, 1.54) is 108 Å². The van der Waals surface area contributed by atoms with Crippen molar-refractivity contribution in [2.75, 3.05) is 0 Å². The van der Waals surface area contributed by atoms with Gasteiger partial charge in [-0.3, -0.25) is 0 Å². The van der Waals surface area contributed by atoms with Gasteiger partial charge in [0.25, 0.3) is 0 Å². The predicted octanol–water partition coefficient (Wildman–Crippen LogP) is 14.7. The van der Waals surface area contributed by atoms with Crippen LogP contribution in [-0.4, -0.2) is 9.13 Å². The maximum Gasteiger partial charge on any atom is 0.0541 e. The first-order valence-corrected chi connectivity index (χ1v) is 19.7. The van der Waals surface area contributed by atoms with Crippen LogP contribution >= 0.6 is 11.3 Å². The molecule has 3 aromatic heterocycles. The lowest BCUT2D eigenvalue weighted by molar-refractivity contribution is 1.18. The second-order valence-electron chi connectivity index (χ2n) is 14.5. The van der Waals surface area contributed by atoms with E-state index in [1.807, 2.05) is 11.3 Å². The fourth-order valence-electron chi connectivity index (χ4n) is 8.97. The maximum absolute atomic E-state index is 2.46. The first kappa shape index (κ1) is 30.5. The molecule has 256 valence electrons. The second kappa shape index (κ2) is 11.8. The first-order chi connectivity index (χ1) is 27.3. The fourth-order valence-corrected chi connectivity index (χ4v) is 10.1. The van der Waals surface area contributed by atoms with E-state index in [1.54, 1.807) is 0 Å². The molecule has 0 saturated heterocycles. The number of aromatic nitrogens is 2. The van der Waals surface area contributed by atoms with Crippen molar-refractivity contribution < 1.29 is 0 Å². The summed E-state index contributed by atoms with van der Waals surface area (Å²) >= 11 is 1.87. The zero-order chi connectivity index (χ0) is 36.0. The Morgan fingerprint density at radius 2 is 0.818 bits per heavy atom. The van der Waals surface area contributed by atoms with Gasteiger partial charge in [-0.15, -0.1) is 11.3 Å². The van der Waals surface area contributed by atoms with Gasteiger partial charge in [0.15, 0.2) is 0 Å². The van der Waals surface area contributed by atoms with Crippen LogP contribution in [-0.2, 0) is 0 Å². The van der Waals surface area contributed by atoms with Crippen molar-refractivity contribution in [3.8, 4) is 33.6 Å². The Labute approximate surface area is 321 Å². The summed E-state index contributed by atoms with van der Waals surface area (Å²) in [6.07, 6.45) is 0. The van der Waals surface area contributed by atoms with Gasteiger partial charge in [-0.2, -0.15) is 0 Å². The smallest absolute Gasteiger partial charge is 0.0541 e. The molecule has 0 aliphatic heterocycles. The third kappa shape index (κ3) is 4.60. The Kier molecular flexibility index (Phi) is 6.54. The molecule has 12 rings (SSSR count). The SMILES string of the molecule is c1ccc(-n2c3ccccc3c3cc(-c4ccc5c(c4)c4ccccc4n5-c4cccc5cc(-c6ccc7sc8ccccc8c7c6)ccc45)ccc32)cc1. The molecule has 55 heavy (non-hydrogen) atoms. The summed E-state index contributed by atoms with van der Waals surface area (Å²) in [4.78, 5) is 0. The monoisotopic (exact) mass is 716 g/mol. The molecule has 3 heteroatoms. The zero-order valence-corrected chi connectivity index (χ0v) is 30.6. The minimum atomic E-state index is 1.17. The van der Waals surface area contributed by atoms with Gasteiger partial charge in [0.1, 0.15) is 0 Å². The van der Waals surface area contributed by atoms with E-state index in [9.17, 15) is 0 Å². The van der Waals surface area contributed by atoms with Gasteiger partial charge in [-0.25, -0.2) is 0 Å². The molecular weight excluding hydrogens is 685 g/mol. The molecule has 2 nitrogen and oxygen atoms in total. The van der Waals surface area contributed by atoms with Crippen LogP contribution in [0.2, 0.25) is 0 Å². The Morgan fingerprint density at radius 1 is 0.291 bits per heavy atom. The van der Waals surface area contributed by atoms with E-state index in [2.05, 4.69) is 203 Å². The number of fused-ring (bicyclic) bond motifs is 10. The molecular formula is C52H32N2S. The van der Waals surface area contributed by atoms with Crippen LogP contribution in [0.3, 0.4) is 0 Å². The van der Waals surface area contributed by atoms with Gasteiger partial charge in [0.2, 0.25) is 0 Å². The Bertz CT molecular complexity index is 3490. The third-order valence-electron chi connectivity index (χ3n) is 11.5. The van der Waals surface area contributed by atoms with Crippen LogP contribution in [0.1, 0.15) is 0 Å². The highest BCUT2D eigenvalue weighted by Crippen LogP contribution is 2.41. The minimum absolute atomic E-state index is 1.17. The normalized spacial score (nSPS) is 12.0. The maximum atomic E-state index is 2.46. The summed E-state index contributed by atoms with van der Waals surface area (Å²) in [5, 5.41) is 10.2. The number of hydrogen-bond donors (Lipinski definition) is 0. The van der Waals surface area contributed by atoms with Crippen LogP contribution < -0.4 is 0 Å². The molecule has 0 radical (unpaired) electrons. The van der Waals surface area contributed by atoms with Crippen molar-refractivity contribution in [1.82, 2.24) is 9.13 Å². The fraction of sp³-hybridized carbons (Fsp3) is 0. The molecule has 3 heterocycles. The second-order valence-corrected chi connectivity index (χ2v) is 15.6. The molecule has 0 unspecified atom stereocenters. The molecule has 12 aromatic rings. The number of rotatable bonds is 4. The van der Waals surface area contributed by atoms with E-state index < -0.39 is 0 Å². The number of nitrogens with zero attached hydrogens (tertiary/aromatic N) is 2. The Balaban J connectivity index is 0.996. The summed E-state index contributed by atoms with van der Waals surface area (Å²) in [5.74, 6) is 0. The highest BCUT2D eigenvalue weighted by molar-refractivity contribution is 7.25. The Morgan fingerprint density at radius 3 is 1.56 bits per heavy atom. The van der Waals surface area contributed by atoms with Crippen LogP contribution in [0, 0.1) is 0 Å². The Hall–Kier alpha value is -6.94. The van der Waals surface area contributed by atoms with Gasteiger partial charge >= 0.3 is 0 Å². The molecule has 0 aliphatic rings. The van der Waals surface area contributed by atoms with Crippen molar-refractivity contribution in [3.05, 3.63) is 194 Å². The van der Waals surface area contributed by atoms with Crippen molar-refractivity contribution in [1.29, 1.82) is 0 Å². The number of hydrogen-bond acceptors (Lipinski definition) is 1. The first-order valence-electron chi connectivity index (χ1n) is 18.8. The standard InChI is InChI=1S/C52H32N2S/c1-2-12-38(13-3-1)53-47-17-7-4-14-40(47)43-30-34(22-26-49(43)53)35-23-27-50-44(31-35)41-15-5-8-18-48(41)54(50)46-19-10-11-37-29-33(21-25-39(37)46)36-24-28-52-45(32-36)42-16-6-9-20-51(42)55-52/h1-32H. The molecule has 0 spiro atoms. The zero-order valence-electron chi connectivity index (χ0n) is 29.8. The van der Waals surface area contributed by atoms with Gasteiger partial charge in [-0.1, -0.05) is 115 Å². The van der Waals surface area contributed by atoms with Gasteiger partial charge in [0.05, 0.1) is 27.8 Å².